The Hall–Kier alpha value is -1.76. The third kappa shape index (κ3) is 5.36. The highest BCUT2D eigenvalue weighted by Gasteiger charge is 2.28. The van der Waals surface area contributed by atoms with E-state index in [2.05, 4.69) is 5.32 Å². The normalized spacial score (nSPS) is 12.5. The molecule has 134 valence electrons. The number of anilines is 1. The SMILES string of the molecule is C[C@@H](C(=O)NCc1ccc(Cl)cc1)N(c1ccc(Cl)cc1)S(C)(=O)=O. The van der Waals surface area contributed by atoms with Crippen molar-refractivity contribution in [2.45, 2.75) is 19.5 Å². The van der Waals surface area contributed by atoms with Crippen LogP contribution in [0.3, 0.4) is 0 Å². The van der Waals surface area contributed by atoms with Gasteiger partial charge in [-0.15, -0.1) is 0 Å². The number of sulfonamides is 1. The number of hydrogen-bond donors (Lipinski definition) is 1. The summed E-state index contributed by atoms with van der Waals surface area (Å²) in [4.78, 5) is 12.4. The summed E-state index contributed by atoms with van der Waals surface area (Å²) >= 11 is 11.7. The molecule has 1 atom stereocenters. The number of amides is 1. The zero-order chi connectivity index (χ0) is 18.6. The summed E-state index contributed by atoms with van der Waals surface area (Å²) in [7, 11) is -3.65. The second-order valence-electron chi connectivity index (χ2n) is 5.56. The molecule has 0 fully saturated rings. The van der Waals surface area contributed by atoms with Gasteiger partial charge in [0.05, 0.1) is 11.9 Å². The fourth-order valence-corrected chi connectivity index (χ4v) is 3.76. The third-order valence-electron chi connectivity index (χ3n) is 3.55. The summed E-state index contributed by atoms with van der Waals surface area (Å²) in [5, 5.41) is 3.83. The fraction of sp³-hybridized carbons (Fsp3) is 0.235. The molecule has 0 saturated heterocycles. The second-order valence-corrected chi connectivity index (χ2v) is 8.29. The van der Waals surface area contributed by atoms with E-state index in [9.17, 15) is 13.2 Å². The summed E-state index contributed by atoms with van der Waals surface area (Å²) in [6, 6.07) is 12.4. The first-order valence-corrected chi connectivity index (χ1v) is 10.1. The van der Waals surface area contributed by atoms with Crippen molar-refractivity contribution in [2.24, 2.45) is 0 Å². The molecule has 0 bridgehead atoms. The number of nitrogens with zero attached hydrogens (tertiary/aromatic N) is 1. The van der Waals surface area contributed by atoms with Gasteiger partial charge in [0.25, 0.3) is 0 Å². The molecule has 8 heteroatoms. The first-order valence-electron chi connectivity index (χ1n) is 7.45. The summed E-state index contributed by atoms with van der Waals surface area (Å²) in [5.41, 5.74) is 1.24. The van der Waals surface area contributed by atoms with Gasteiger partial charge in [0.2, 0.25) is 15.9 Å². The van der Waals surface area contributed by atoms with Crippen molar-refractivity contribution in [2.75, 3.05) is 10.6 Å². The summed E-state index contributed by atoms with van der Waals surface area (Å²) in [5.74, 6) is -0.407. The van der Waals surface area contributed by atoms with Gasteiger partial charge in [-0.2, -0.15) is 0 Å². The van der Waals surface area contributed by atoms with Crippen LogP contribution >= 0.6 is 23.2 Å². The molecule has 0 saturated carbocycles. The Balaban J connectivity index is 2.15. The minimum Gasteiger partial charge on any atom is -0.350 e. The summed E-state index contributed by atoms with van der Waals surface area (Å²) < 4.78 is 25.4. The highest BCUT2D eigenvalue weighted by atomic mass is 35.5. The summed E-state index contributed by atoms with van der Waals surface area (Å²) in [6.07, 6.45) is 1.06. The van der Waals surface area contributed by atoms with Crippen molar-refractivity contribution < 1.29 is 13.2 Å². The molecule has 0 aliphatic rings. The van der Waals surface area contributed by atoms with Crippen molar-refractivity contribution in [3.8, 4) is 0 Å². The van der Waals surface area contributed by atoms with Gasteiger partial charge in [-0.25, -0.2) is 8.42 Å². The molecule has 0 aliphatic heterocycles. The van der Waals surface area contributed by atoms with Crippen molar-refractivity contribution in [3.05, 3.63) is 64.1 Å². The van der Waals surface area contributed by atoms with E-state index >= 15 is 0 Å². The molecule has 0 aromatic heterocycles. The minimum atomic E-state index is -3.65. The first kappa shape index (κ1) is 19.6. The van der Waals surface area contributed by atoms with E-state index in [4.69, 9.17) is 23.2 Å². The Labute approximate surface area is 157 Å². The van der Waals surface area contributed by atoms with Gasteiger partial charge < -0.3 is 5.32 Å². The van der Waals surface area contributed by atoms with E-state index < -0.39 is 22.0 Å². The first-order chi connectivity index (χ1) is 11.7. The Bertz CT molecular complexity index is 837. The van der Waals surface area contributed by atoms with E-state index in [0.29, 0.717) is 15.7 Å². The maximum atomic E-state index is 12.4. The highest BCUT2D eigenvalue weighted by Crippen LogP contribution is 2.23. The lowest BCUT2D eigenvalue weighted by Gasteiger charge is -2.28. The monoisotopic (exact) mass is 400 g/mol. The predicted octanol–water partition coefficient (Wildman–Crippen LogP) is 3.46. The maximum absolute atomic E-state index is 12.4. The van der Waals surface area contributed by atoms with Crippen molar-refractivity contribution >= 4 is 44.8 Å². The average molecular weight is 401 g/mol. The largest absolute Gasteiger partial charge is 0.350 e. The Kier molecular flexibility index (Phi) is 6.32. The second kappa shape index (κ2) is 8.08. The molecule has 2 aromatic rings. The van der Waals surface area contributed by atoms with E-state index in [1.807, 2.05) is 0 Å². The maximum Gasteiger partial charge on any atom is 0.243 e. The number of hydrogen-bond acceptors (Lipinski definition) is 3. The van der Waals surface area contributed by atoms with Crippen molar-refractivity contribution in [1.82, 2.24) is 5.32 Å². The van der Waals surface area contributed by atoms with Gasteiger partial charge in [0, 0.05) is 16.6 Å². The van der Waals surface area contributed by atoms with Crippen LogP contribution < -0.4 is 9.62 Å². The number of carbonyl (C=O) groups is 1. The highest BCUT2D eigenvalue weighted by molar-refractivity contribution is 7.92. The number of benzene rings is 2. The third-order valence-corrected chi connectivity index (χ3v) is 5.30. The van der Waals surface area contributed by atoms with Gasteiger partial charge >= 0.3 is 0 Å². The average Bonchev–Trinajstić information content (AvgIpc) is 2.54. The van der Waals surface area contributed by atoms with Crippen molar-refractivity contribution in [3.63, 3.8) is 0 Å². The lowest BCUT2D eigenvalue weighted by Crippen LogP contribution is -2.47. The molecular formula is C17H18Cl2N2O3S. The van der Waals surface area contributed by atoms with Crippen LogP contribution in [0.2, 0.25) is 10.0 Å². The molecule has 0 unspecified atom stereocenters. The Morgan fingerprint density at radius 3 is 2.00 bits per heavy atom. The molecule has 0 spiro atoms. The topological polar surface area (TPSA) is 66.5 Å². The molecule has 0 aliphatic carbocycles. The van der Waals surface area contributed by atoms with Crippen LogP contribution in [0.5, 0.6) is 0 Å². The van der Waals surface area contributed by atoms with Crippen LogP contribution in [0.25, 0.3) is 0 Å². The molecule has 25 heavy (non-hydrogen) atoms. The van der Waals surface area contributed by atoms with Gasteiger partial charge in [-0.3, -0.25) is 9.10 Å². The number of rotatable bonds is 6. The molecule has 0 radical (unpaired) electrons. The minimum absolute atomic E-state index is 0.276. The molecule has 1 amide bonds. The van der Waals surface area contributed by atoms with Crippen LogP contribution in [-0.4, -0.2) is 26.6 Å². The Morgan fingerprint density at radius 1 is 1.04 bits per heavy atom. The molecular weight excluding hydrogens is 383 g/mol. The van der Waals surface area contributed by atoms with E-state index in [1.165, 1.54) is 6.92 Å². The standard InChI is InChI=1S/C17H18Cl2N2O3S/c1-12(17(22)20-11-13-3-5-14(18)6-4-13)21(25(2,23)24)16-9-7-15(19)8-10-16/h3-10,12H,11H2,1-2H3,(H,20,22)/t12-/m0/s1. The van der Waals surface area contributed by atoms with Crippen LogP contribution in [-0.2, 0) is 21.4 Å². The van der Waals surface area contributed by atoms with E-state index in [-0.39, 0.29) is 6.54 Å². The van der Waals surface area contributed by atoms with E-state index in [0.717, 1.165) is 16.1 Å². The predicted molar refractivity (Wildman–Crippen MR) is 102 cm³/mol. The zero-order valence-electron chi connectivity index (χ0n) is 13.7. The lowest BCUT2D eigenvalue weighted by atomic mass is 10.2. The van der Waals surface area contributed by atoms with Gasteiger partial charge in [-0.1, -0.05) is 35.3 Å². The summed E-state index contributed by atoms with van der Waals surface area (Å²) in [6.45, 7) is 1.81. The van der Waals surface area contributed by atoms with Crippen LogP contribution in [0.15, 0.2) is 48.5 Å². The number of nitrogens with one attached hydrogen (secondary N) is 1. The van der Waals surface area contributed by atoms with Crippen LogP contribution in [0.4, 0.5) is 5.69 Å². The van der Waals surface area contributed by atoms with E-state index in [1.54, 1.807) is 48.5 Å². The number of carbonyl (C=O) groups excluding carboxylic acids is 1. The van der Waals surface area contributed by atoms with Crippen molar-refractivity contribution in [1.29, 1.82) is 0 Å². The lowest BCUT2D eigenvalue weighted by molar-refractivity contribution is -0.122. The molecule has 1 N–H and O–H groups in total. The molecule has 2 aromatic carbocycles. The molecule has 2 rings (SSSR count). The fourth-order valence-electron chi connectivity index (χ4n) is 2.34. The van der Waals surface area contributed by atoms with Gasteiger partial charge in [-0.05, 0) is 48.9 Å². The smallest absolute Gasteiger partial charge is 0.243 e. The molecule has 0 heterocycles. The quantitative estimate of drug-likeness (QED) is 0.806. The zero-order valence-corrected chi connectivity index (χ0v) is 16.1. The van der Waals surface area contributed by atoms with Gasteiger partial charge in [0.15, 0.2) is 0 Å². The molecule has 5 nitrogen and oxygen atoms in total. The number of halogens is 2. The van der Waals surface area contributed by atoms with Crippen LogP contribution in [0.1, 0.15) is 12.5 Å². The van der Waals surface area contributed by atoms with Gasteiger partial charge in [0.1, 0.15) is 6.04 Å². The Morgan fingerprint density at radius 2 is 1.52 bits per heavy atom. The van der Waals surface area contributed by atoms with Crippen LogP contribution in [0, 0.1) is 0 Å².